The minimum atomic E-state index is -0.225. The first kappa shape index (κ1) is 18.3. The van der Waals surface area contributed by atoms with Crippen molar-refractivity contribution in [2.45, 2.75) is 0 Å². The zero-order valence-corrected chi connectivity index (χ0v) is 17.1. The number of hydrogen-bond acceptors (Lipinski definition) is 2. The van der Waals surface area contributed by atoms with Gasteiger partial charge in [-0.15, -0.1) is 0 Å². The van der Waals surface area contributed by atoms with E-state index in [1.165, 1.54) is 0 Å². The number of para-hydroxylation sites is 3. The lowest BCUT2D eigenvalue weighted by Gasteiger charge is -2.18. The summed E-state index contributed by atoms with van der Waals surface area (Å²) in [6.45, 7) is 0. The highest BCUT2D eigenvalue weighted by Crippen LogP contribution is 2.31. The summed E-state index contributed by atoms with van der Waals surface area (Å²) in [7, 11) is 0. The van der Waals surface area contributed by atoms with E-state index in [1.54, 1.807) is 8.97 Å². The summed E-state index contributed by atoms with van der Waals surface area (Å²) in [5, 5.41) is 1.36. The van der Waals surface area contributed by atoms with E-state index in [0.29, 0.717) is 21.9 Å². The Morgan fingerprint density at radius 3 is 1.78 bits per heavy atom. The van der Waals surface area contributed by atoms with Crippen LogP contribution in [0.15, 0.2) is 119 Å². The molecule has 0 bridgehead atoms. The van der Waals surface area contributed by atoms with Crippen LogP contribution < -0.4 is 11.1 Å². The summed E-state index contributed by atoms with van der Waals surface area (Å²) in [6, 6.07) is 34.4. The van der Waals surface area contributed by atoms with Crippen molar-refractivity contribution in [2.24, 2.45) is 0 Å². The first-order valence-electron chi connectivity index (χ1n) is 10.5. The predicted octanol–water partition coefficient (Wildman–Crippen LogP) is 5.42. The first-order valence-corrected chi connectivity index (χ1v) is 10.5. The van der Waals surface area contributed by atoms with Gasteiger partial charge in [-0.3, -0.25) is 18.6 Å². The van der Waals surface area contributed by atoms with Crippen LogP contribution in [0.3, 0.4) is 0 Å². The molecule has 4 aromatic carbocycles. The molecule has 4 nitrogen and oxygen atoms in total. The molecule has 0 radical (unpaired) electrons. The Labute approximate surface area is 183 Å². The van der Waals surface area contributed by atoms with E-state index in [1.807, 2.05) is 109 Å². The number of aromatic nitrogens is 2. The summed E-state index contributed by atoms with van der Waals surface area (Å²) in [6.07, 6.45) is 0. The normalized spacial score (nSPS) is 11.4. The Bertz CT molecular complexity index is 1740. The van der Waals surface area contributed by atoms with E-state index in [9.17, 15) is 9.59 Å². The van der Waals surface area contributed by atoms with Gasteiger partial charge in [0.15, 0.2) is 0 Å². The van der Waals surface area contributed by atoms with Crippen molar-refractivity contribution in [1.29, 1.82) is 0 Å². The maximum atomic E-state index is 14.1. The quantitative estimate of drug-likeness (QED) is 0.280. The van der Waals surface area contributed by atoms with Crippen LogP contribution in [0, 0.1) is 0 Å². The van der Waals surface area contributed by atoms with Gasteiger partial charge in [0.05, 0.1) is 11.0 Å². The average molecular weight is 414 g/mol. The van der Waals surface area contributed by atoms with Crippen molar-refractivity contribution in [1.82, 2.24) is 8.97 Å². The Hall–Kier alpha value is -4.44. The predicted molar refractivity (Wildman–Crippen MR) is 130 cm³/mol. The third kappa shape index (κ3) is 2.56. The fourth-order valence-electron chi connectivity index (χ4n) is 4.57. The SMILES string of the molecule is O=c1c2c(-c3ccccc3)c3ccccc3c(=O)n2c2ccccc2n1-c1ccccc1. The molecule has 0 aliphatic carbocycles. The molecule has 0 N–H and O–H groups in total. The number of hydrogen-bond donors (Lipinski definition) is 0. The summed E-state index contributed by atoms with van der Waals surface area (Å²) >= 11 is 0. The molecule has 2 heterocycles. The summed E-state index contributed by atoms with van der Waals surface area (Å²) in [4.78, 5) is 27.8. The van der Waals surface area contributed by atoms with Crippen LogP contribution in [0.25, 0.3) is 44.1 Å². The van der Waals surface area contributed by atoms with Gasteiger partial charge >= 0.3 is 0 Å². The molecule has 0 saturated heterocycles. The highest BCUT2D eigenvalue weighted by atomic mass is 16.1. The minimum absolute atomic E-state index is 0.191. The van der Waals surface area contributed by atoms with Crippen LogP contribution >= 0.6 is 0 Å². The molecule has 0 unspecified atom stereocenters. The average Bonchev–Trinajstić information content (AvgIpc) is 2.85. The van der Waals surface area contributed by atoms with Gasteiger partial charge in [-0.2, -0.15) is 0 Å². The molecule has 2 aromatic heterocycles. The van der Waals surface area contributed by atoms with E-state index in [4.69, 9.17) is 0 Å². The van der Waals surface area contributed by atoms with Gasteiger partial charge in [0, 0.05) is 16.6 Å². The molecule has 6 aromatic rings. The maximum Gasteiger partial charge on any atom is 0.280 e. The number of nitrogens with zero attached hydrogens (tertiary/aromatic N) is 2. The van der Waals surface area contributed by atoms with Gasteiger partial charge in [-0.25, -0.2) is 0 Å². The lowest BCUT2D eigenvalue weighted by Crippen LogP contribution is -2.28. The molecule has 0 amide bonds. The van der Waals surface area contributed by atoms with E-state index in [-0.39, 0.29) is 11.1 Å². The van der Waals surface area contributed by atoms with E-state index >= 15 is 0 Å². The van der Waals surface area contributed by atoms with Gasteiger partial charge in [0.2, 0.25) is 0 Å². The molecular formula is C28H18N2O2. The zero-order valence-electron chi connectivity index (χ0n) is 17.1. The molecule has 6 rings (SSSR count). The molecule has 0 aliphatic heterocycles. The Balaban J connectivity index is 1.98. The molecule has 0 saturated carbocycles. The van der Waals surface area contributed by atoms with Crippen molar-refractivity contribution in [3.63, 3.8) is 0 Å². The van der Waals surface area contributed by atoms with E-state index in [2.05, 4.69) is 0 Å². The van der Waals surface area contributed by atoms with Crippen molar-refractivity contribution in [2.75, 3.05) is 0 Å². The highest BCUT2D eigenvalue weighted by Gasteiger charge is 2.20. The number of fused-ring (bicyclic) bond motifs is 4. The summed E-state index contributed by atoms with van der Waals surface area (Å²) < 4.78 is 3.28. The van der Waals surface area contributed by atoms with E-state index in [0.717, 1.165) is 22.2 Å². The van der Waals surface area contributed by atoms with Crippen LogP contribution in [-0.2, 0) is 0 Å². The Kier molecular flexibility index (Phi) is 4.05. The van der Waals surface area contributed by atoms with Crippen LogP contribution in [0.5, 0.6) is 0 Å². The number of pyridine rings is 1. The maximum absolute atomic E-state index is 14.1. The van der Waals surface area contributed by atoms with Crippen molar-refractivity contribution >= 4 is 27.3 Å². The van der Waals surface area contributed by atoms with Gasteiger partial charge in [0.25, 0.3) is 11.1 Å². The Morgan fingerprint density at radius 2 is 1.06 bits per heavy atom. The molecule has 0 fully saturated rings. The van der Waals surface area contributed by atoms with Crippen molar-refractivity contribution in [3.05, 3.63) is 130 Å². The van der Waals surface area contributed by atoms with Gasteiger partial charge in [-0.1, -0.05) is 78.9 Å². The number of benzene rings is 4. The summed E-state index contributed by atoms with van der Waals surface area (Å²) in [5.74, 6) is 0. The lowest BCUT2D eigenvalue weighted by atomic mass is 9.98. The van der Waals surface area contributed by atoms with Crippen LogP contribution in [0.1, 0.15) is 0 Å². The fourth-order valence-corrected chi connectivity index (χ4v) is 4.57. The highest BCUT2D eigenvalue weighted by molar-refractivity contribution is 6.04. The van der Waals surface area contributed by atoms with Crippen LogP contribution in [-0.4, -0.2) is 8.97 Å². The smallest absolute Gasteiger partial charge is 0.274 e. The second-order valence-corrected chi connectivity index (χ2v) is 7.74. The third-order valence-electron chi connectivity index (χ3n) is 5.94. The summed E-state index contributed by atoms with van der Waals surface area (Å²) in [5.41, 5.74) is 3.76. The fraction of sp³-hybridized carbons (Fsp3) is 0. The molecule has 0 spiro atoms. The number of rotatable bonds is 2. The first-order chi connectivity index (χ1) is 15.8. The van der Waals surface area contributed by atoms with Crippen molar-refractivity contribution in [3.8, 4) is 16.8 Å². The Morgan fingerprint density at radius 1 is 0.500 bits per heavy atom. The van der Waals surface area contributed by atoms with Gasteiger partial charge in [0.1, 0.15) is 5.52 Å². The van der Waals surface area contributed by atoms with Crippen molar-refractivity contribution < 1.29 is 0 Å². The molecule has 152 valence electrons. The molecule has 0 aliphatic rings. The topological polar surface area (TPSA) is 43.5 Å². The van der Waals surface area contributed by atoms with Gasteiger partial charge < -0.3 is 0 Å². The molecular weight excluding hydrogens is 396 g/mol. The largest absolute Gasteiger partial charge is 0.280 e. The minimum Gasteiger partial charge on any atom is -0.274 e. The van der Waals surface area contributed by atoms with Gasteiger partial charge in [-0.05, 0) is 41.3 Å². The van der Waals surface area contributed by atoms with Crippen LogP contribution in [0.2, 0.25) is 0 Å². The second-order valence-electron chi connectivity index (χ2n) is 7.74. The third-order valence-corrected chi connectivity index (χ3v) is 5.94. The molecule has 0 atom stereocenters. The zero-order chi connectivity index (χ0) is 21.7. The second kappa shape index (κ2) is 7.06. The molecule has 32 heavy (non-hydrogen) atoms. The lowest BCUT2D eigenvalue weighted by molar-refractivity contribution is 1.01. The molecule has 4 heteroatoms. The van der Waals surface area contributed by atoms with E-state index < -0.39 is 0 Å². The standard InChI is InChI=1S/C28H18N2O2/c31-27-22-16-8-7-15-21(22)25(19-11-3-1-4-12-19)26-28(32)29(20-13-5-2-6-14-20)23-17-9-10-18-24(23)30(26)27/h1-18H. The van der Waals surface area contributed by atoms with Crippen LogP contribution in [0.4, 0.5) is 0 Å². The monoisotopic (exact) mass is 414 g/mol.